The Morgan fingerprint density at radius 1 is 1.21 bits per heavy atom. The summed E-state index contributed by atoms with van der Waals surface area (Å²) in [6.45, 7) is 5.76. The van der Waals surface area contributed by atoms with Crippen LogP contribution in [0.4, 0.5) is 5.82 Å². The van der Waals surface area contributed by atoms with Gasteiger partial charge in [0.1, 0.15) is 11.5 Å². The van der Waals surface area contributed by atoms with E-state index in [1.54, 1.807) is 22.6 Å². The number of rotatable bonds is 9. The summed E-state index contributed by atoms with van der Waals surface area (Å²) < 4.78 is 2.88. The first-order chi connectivity index (χ1) is 14.0. The summed E-state index contributed by atoms with van der Waals surface area (Å²) in [7, 11) is 1.50. The Morgan fingerprint density at radius 2 is 2.03 bits per heavy atom. The summed E-state index contributed by atoms with van der Waals surface area (Å²) in [5.41, 5.74) is 0.647. The van der Waals surface area contributed by atoms with Crippen LogP contribution in [0.3, 0.4) is 0 Å². The van der Waals surface area contributed by atoms with E-state index in [1.165, 1.54) is 19.2 Å². The number of nitrogens with one attached hydrogen (secondary N) is 2. The average molecular weight is 417 g/mol. The second-order valence-electron chi connectivity index (χ2n) is 6.26. The van der Waals surface area contributed by atoms with Crippen molar-refractivity contribution in [3.63, 3.8) is 0 Å². The lowest BCUT2D eigenvalue weighted by molar-refractivity contribution is 0.0944. The van der Waals surface area contributed by atoms with Crippen LogP contribution in [0.2, 0.25) is 0 Å². The van der Waals surface area contributed by atoms with Crippen molar-refractivity contribution >= 4 is 34.5 Å². The maximum absolute atomic E-state index is 12.3. The molecule has 0 aromatic carbocycles. The topological polar surface area (TPSA) is 120 Å². The van der Waals surface area contributed by atoms with Gasteiger partial charge in [0.25, 0.3) is 11.5 Å². The predicted octanol–water partition coefficient (Wildman–Crippen LogP) is 1.28. The zero-order valence-corrected chi connectivity index (χ0v) is 17.5. The van der Waals surface area contributed by atoms with Gasteiger partial charge in [0.05, 0.1) is 18.1 Å². The second-order valence-corrected chi connectivity index (χ2v) is 7.49. The van der Waals surface area contributed by atoms with Gasteiger partial charge in [0, 0.05) is 26.2 Å². The van der Waals surface area contributed by atoms with Gasteiger partial charge in [-0.05, 0) is 18.2 Å². The normalized spacial score (nSPS) is 11.0. The van der Waals surface area contributed by atoms with Crippen LogP contribution in [0.15, 0.2) is 28.3 Å². The summed E-state index contributed by atoms with van der Waals surface area (Å²) in [5, 5.41) is 16.0. The van der Waals surface area contributed by atoms with Gasteiger partial charge in [-0.2, -0.15) is 10.2 Å². The molecule has 10 nitrogen and oxygen atoms in total. The first kappa shape index (κ1) is 20.8. The lowest BCUT2D eigenvalue weighted by Gasteiger charge is -2.09. The fourth-order valence-corrected chi connectivity index (χ4v) is 3.23. The van der Waals surface area contributed by atoms with E-state index in [9.17, 15) is 9.59 Å². The standard InChI is InChI=1S/C18H24N8O2S/c1-4-8-19-15-12-11-21-26(16(12)23-18(22-15)29-5-2)10-9-20-17(28)13-6-7-14(27)25(3)24-13/h6-7,11H,4-5,8-10H2,1-3H3,(H,20,28)(H,19,22,23). The third-order valence-corrected chi connectivity index (χ3v) is 4.82. The first-order valence-electron chi connectivity index (χ1n) is 9.46. The summed E-state index contributed by atoms with van der Waals surface area (Å²) in [6, 6.07) is 2.73. The summed E-state index contributed by atoms with van der Waals surface area (Å²) >= 11 is 1.57. The van der Waals surface area contributed by atoms with Gasteiger partial charge in [-0.3, -0.25) is 9.59 Å². The number of thioether (sulfide) groups is 1. The number of nitrogens with zero attached hydrogens (tertiary/aromatic N) is 6. The van der Waals surface area contributed by atoms with Gasteiger partial charge in [0.15, 0.2) is 10.8 Å². The maximum atomic E-state index is 12.3. The van der Waals surface area contributed by atoms with E-state index >= 15 is 0 Å². The second kappa shape index (κ2) is 9.50. The van der Waals surface area contributed by atoms with E-state index in [0.29, 0.717) is 18.2 Å². The molecular weight excluding hydrogens is 392 g/mol. The highest BCUT2D eigenvalue weighted by atomic mass is 32.2. The molecule has 3 aromatic rings. The largest absolute Gasteiger partial charge is 0.369 e. The number of hydrogen-bond donors (Lipinski definition) is 2. The van der Waals surface area contributed by atoms with Crippen molar-refractivity contribution in [1.29, 1.82) is 0 Å². The molecule has 0 unspecified atom stereocenters. The molecule has 0 saturated carbocycles. The Hall–Kier alpha value is -2.95. The number of amides is 1. The molecule has 154 valence electrons. The highest BCUT2D eigenvalue weighted by Crippen LogP contribution is 2.24. The lowest BCUT2D eigenvalue weighted by atomic mass is 10.3. The lowest BCUT2D eigenvalue weighted by Crippen LogP contribution is -2.30. The number of aryl methyl sites for hydroxylation is 1. The van der Waals surface area contributed by atoms with Crippen molar-refractivity contribution < 1.29 is 4.79 Å². The van der Waals surface area contributed by atoms with Crippen LogP contribution in [-0.4, -0.2) is 54.3 Å². The minimum atomic E-state index is -0.348. The van der Waals surface area contributed by atoms with E-state index in [-0.39, 0.29) is 17.2 Å². The zero-order valence-electron chi connectivity index (χ0n) is 16.7. The molecule has 0 atom stereocenters. The van der Waals surface area contributed by atoms with Crippen LogP contribution in [0.25, 0.3) is 11.0 Å². The van der Waals surface area contributed by atoms with Crippen LogP contribution in [0.1, 0.15) is 30.8 Å². The van der Waals surface area contributed by atoms with Gasteiger partial charge in [0.2, 0.25) is 0 Å². The van der Waals surface area contributed by atoms with E-state index in [2.05, 4.69) is 44.6 Å². The first-order valence-corrected chi connectivity index (χ1v) is 10.4. The molecule has 0 aliphatic carbocycles. The van der Waals surface area contributed by atoms with Crippen molar-refractivity contribution in [3.05, 3.63) is 34.4 Å². The number of carbonyl (C=O) groups is 1. The molecule has 2 N–H and O–H groups in total. The number of aromatic nitrogens is 6. The third-order valence-electron chi connectivity index (χ3n) is 4.09. The van der Waals surface area contributed by atoms with Crippen molar-refractivity contribution in [3.8, 4) is 0 Å². The van der Waals surface area contributed by atoms with Crippen molar-refractivity contribution in [1.82, 2.24) is 34.8 Å². The molecule has 0 radical (unpaired) electrons. The Kier molecular flexibility index (Phi) is 6.81. The van der Waals surface area contributed by atoms with Crippen molar-refractivity contribution in [2.45, 2.75) is 32.0 Å². The number of hydrogen-bond acceptors (Lipinski definition) is 8. The van der Waals surface area contributed by atoms with Gasteiger partial charge >= 0.3 is 0 Å². The Bertz CT molecular complexity index is 1060. The highest BCUT2D eigenvalue weighted by Gasteiger charge is 2.14. The summed E-state index contributed by atoms with van der Waals surface area (Å²) in [5.74, 6) is 1.30. The van der Waals surface area contributed by atoms with Crippen LogP contribution >= 0.6 is 11.8 Å². The molecule has 0 saturated heterocycles. The van der Waals surface area contributed by atoms with E-state index in [1.807, 2.05) is 0 Å². The fourth-order valence-electron chi connectivity index (χ4n) is 2.66. The molecular formula is C18H24N8O2S. The Morgan fingerprint density at radius 3 is 2.76 bits per heavy atom. The van der Waals surface area contributed by atoms with E-state index < -0.39 is 0 Å². The molecule has 11 heteroatoms. The maximum Gasteiger partial charge on any atom is 0.271 e. The molecule has 1 amide bonds. The monoisotopic (exact) mass is 416 g/mol. The Balaban J connectivity index is 1.74. The molecule has 3 rings (SSSR count). The van der Waals surface area contributed by atoms with Crippen LogP contribution in [0.5, 0.6) is 0 Å². The smallest absolute Gasteiger partial charge is 0.271 e. The van der Waals surface area contributed by atoms with Crippen LogP contribution in [0, 0.1) is 0 Å². The predicted molar refractivity (Wildman–Crippen MR) is 112 cm³/mol. The number of anilines is 1. The fraction of sp³-hybridized carbons (Fsp3) is 0.444. The SMILES string of the molecule is CCCNc1nc(SCC)nc2c1cnn2CCNC(=O)c1ccc(=O)n(C)n1. The summed E-state index contributed by atoms with van der Waals surface area (Å²) in [6.07, 6.45) is 2.73. The minimum absolute atomic E-state index is 0.187. The highest BCUT2D eigenvalue weighted by molar-refractivity contribution is 7.99. The quantitative estimate of drug-likeness (QED) is 0.395. The molecule has 3 heterocycles. The van der Waals surface area contributed by atoms with E-state index in [0.717, 1.165) is 40.3 Å². The van der Waals surface area contributed by atoms with Gasteiger partial charge in [-0.25, -0.2) is 19.3 Å². The molecule has 0 bridgehead atoms. The molecule has 3 aromatic heterocycles. The van der Waals surface area contributed by atoms with Crippen LogP contribution < -0.4 is 16.2 Å². The minimum Gasteiger partial charge on any atom is -0.369 e. The molecule has 0 aliphatic heterocycles. The van der Waals surface area contributed by atoms with Crippen molar-refractivity contribution in [2.24, 2.45) is 7.05 Å². The third kappa shape index (κ3) is 4.91. The van der Waals surface area contributed by atoms with Gasteiger partial charge < -0.3 is 10.6 Å². The molecule has 0 spiro atoms. The average Bonchev–Trinajstić information content (AvgIpc) is 3.11. The number of fused-ring (bicyclic) bond motifs is 1. The number of carbonyl (C=O) groups excluding carboxylic acids is 1. The van der Waals surface area contributed by atoms with Gasteiger partial charge in [-0.1, -0.05) is 25.6 Å². The van der Waals surface area contributed by atoms with E-state index in [4.69, 9.17) is 0 Å². The van der Waals surface area contributed by atoms with Crippen molar-refractivity contribution in [2.75, 3.05) is 24.2 Å². The van der Waals surface area contributed by atoms with Gasteiger partial charge in [-0.15, -0.1) is 0 Å². The Labute approximate surface area is 172 Å². The molecule has 0 aliphatic rings. The molecule has 0 fully saturated rings. The molecule has 29 heavy (non-hydrogen) atoms. The summed E-state index contributed by atoms with van der Waals surface area (Å²) in [4.78, 5) is 32.9. The zero-order chi connectivity index (χ0) is 20.8. The van der Waals surface area contributed by atoms with Crippen LogP contribution in [-0.2, 0) is 13.6 Å².